The van der Waals surface area contributed by atoms with Crippen molar-refractivity contribution in [3.63, 3.8) is 0 Å². The molecular weight excluding hydrogens is 597 g/mol. The summed E-state index contributed by atoms with van der Waals surface area (Å²) in [6, 6.07) is 19.3. The molecule has 256 valence electrons. The zero-order valence-electron chi connectivity index (χ0n) is 28.4. The third kappa shape index (κ3) is 16.0. The van der Waals surface area contributed by atoms with Crippen molar-refractivity contribution < 1.29 is 32.5 Å². The number of methoxy groups -OCH3 is 1. The van der Waals surface area contributed by atoms with Crippen LogP contribution in [0.15, 0.2) is 66.9 Å². The summed E-state index contributed by atoms with van der Waals surface area (Å²) >= 11 is 0. The van der Waals surface area contributed by atoms with Gasteiger partial charge in [-0.1, -0.05) is 115 Å². The van der Waals surface area contributed by atoms with E-state index in [0.717, 1.165) is 29.3 Å². The number of nitrogens with zero attached hydrogens (tertiary/aromatic N) is 1. The van der Waals surface area contributed by atoms with Crippen LogP contribution in [-0.2, 0) is 25.1 Å². The molecular formula is C38H58NO6P. The van der Waals surface area contributed by atoms with Crippen LogP contribution in [0.4, 0.5) is 0 Å². The van der Waals surface area contributed by atoms with Crippen molar-refractivity contribution in [3.05, 3.63) is 72.4 Å². The molecule has 1 aromatic heterocycles. The Bertz CT molecular complexity index is 1250. The van der Waals surface area contributed by atoms with Gasteiger partial charge in [-0.3, -0.25) is 4.57 Å². The first-order valence-corrected chi connectivity index (χ1v) is 19.2. The van der Waals surface area contributed by atoms with Crippen LogP contribution in [0.3, 0.4) is 0 Å². The number of hydrogen-bond acceptors (Lipinski definition) is 6. The lowest BCUT2D eigenvalue weighted by atomic mass is 10.0. The molecule has 0 spiro atoms. The van der Waals surface area contributed by atoms with E-state index in [1.807, 2.05) is 36.5 Å². The van der Waals surface area contributed by atoms with Crippen LogP contribution >= 0.6 is 7.82 Å². The number of ether oxygens (including phenoxy) is 2. The van der Waals surface area contributed by atoms with E-state index in [2.05, 4.69) is 29.7 Å². The molecule has 0 amide bonds. The molecule has 0 saturated heterocycles. The summed E-state index contributed by atoms with van der Waals surface area (Å²) in [5.74, 6) is 0.207. The molecule has 3 rings (SSSR count). The Hall–Kier alpha value is -2.28. The quantitative estimate of drug-likeness (QED) is 0.0463. The van der Waals surface area contributed by atoms with Gasteiger partial charge in [-0.05, 0) is 42.8 Å². The summed E-state index contributed by atoms with van der Waals surface area (Å²) in [4.78, 5) is 12.5. The minimum absolute atomic E-state index is 0.161. The molecule has 0 radical (unpaired) electrons. The monoisotopic (exact) mass is 655 g/mol. The van der Waals surface area contributed by atoms with E-state index in [1.165, 1.54) is 97.0 Å². The average Bonchev–Trinajstić information content (AvgIpc) is 3.06. The summed E-state index contributed by atoms with van der Waals surface area (Å²) < 4.78 is 36.0. The van der Waals surface area contributed by atoms with E-state index in [-0.39, 0.29) is 19.0 Å². The maximum Gasteiger partial charge on any atom is 0.319 e. The third-order valence-corrected chi connectivity index (χ3v) is 9.38. The van der Waals surface area contributed by atoms with Gasteiger partial charge in [0.1, 0.15) is 11.9 Å². The predicted molar refractivity (Wildman–Crippen MR) is 185 cm³/mol. The van der Waals surface area contributed by atoms with Crippen LogP contribution in [-0.4, -0.2) is 33.0 Å². The van der Waals surface area contributed by atoms with Gasteiger partial charge in [-0.25, -0.2) is 0 Å². The van der Waals surface area contributed by atoms with Gasteiger partial charge in [0.2, 0.25) is 5.52 Å². The minimum atomic E-state index is -4.56. The molecule has 2 atom stereocenters. The molecule has 0 aliphatic rings. The zero-order valence-corrected chi connectivity index (χ0v) is 29.3. The number of fused-ring (bicyclic) bond motifs is 1. The second-order valence-corrected chi connectivity index (χ2v) is 13.7. The Morgan fingerprint density at radius 2 is 1.28 bits per heavy atom. The van der Waals surface area contributed by atoms with Crippen LogP contribution in [0.1, 0.15) is 115 Å². The normalized spacial score (nSPS) is 13.5. The van der Waals surface area contributed by atoms with Crippen LogP contribution in [0.2, 0.25) is 0 Å². The van der Waals surface area contributed by atoms with Crippen molar-refractivity contribution in [2.24, 2.45) is 0 Å². The second kappa shape index (κ2) is 23.1. The summed E-state index contributed by atoms with van der Waals surface area (Å²) in [7, 11) is -3.04. The number of phosphoric ester groups is 1. The number of hydrogen-bond donors (Lipinski definition) is 0. The smallest absolute Gasteiger partial charge is 0.319 e. The summed E-state index contributed by atoms with van der Waals surface area (Å²) in [5, 5.41) is 1.16. The highest BCUT2D eigenvalue weighted by Gasteiger charge is 2.17. The van der Waals surface area contributed by atoms with Gasteiger partial charge in [0, 0.05) is 36.8 Å². The molecule has 46 heavy (non-hydrogen) atoms. The molecule has 0 aliphatic heterocycles. The first-order chi connectivity index (χ1) is 22.5. The lowest BCUT2D eigenvalue weighted by molar-refractivity contribution is -0.662. The van der Waals surface area contributed by atoms with Gasteiger partial charge >= 0.3 is 7.82 Å². The van der Waals surface area contributed by atoms with Crippen molar-refractivity contribution >= 4 is 18.7 Å². The highest BCUT2D eigenvalue weighted by Crippen LogP contribution is 2.39. The molecule has 0 N–H and O–H groups in total. The first-order valence-electron chi connectivity index (χ1n) is 17.7. The fourth-order valence-electron chi connectivity index (χ4n) is 5.69. The lowest BCUT2D eigenvalue weighted by Crippen LogP contribution is -2.34. The molecule has 0 fully saturated rings. The van der Waals surface area contributed by atoms with E-state index in [0.29, 0.717) is 13.2 Å². The molecule has 2 unspecified atom stereocenters. The van der Waals surface area contributed by atoms with Gasteiger partial charge in [0.25, 0.3) is 0 Å². The fraction of sp³-hybridized carbons (Fsp3) is 0.605. The Morgan fingerprint density at radius 3 is 1.89 bits per heavy atom. The van der Waals surface area contributed by atoms with Crippen molar-refractivity contribution in [2.75, 3.05) is 26.9 Å². The van der Waals surface area contributed by atoms with Crippen molar-refractivity contribution in [2.45, 2.75) is 122 Å². The van der Waals surface area contributed by atoms with Gasteiger partial charge in [-0.15, -0.1) is 0 Å². The average molecular weight is 656 g/mol. The van der Waals surface area contributed by atoms with Crippen molar-refractivity contribution in [1.82, 2.24) is 0 Å². The molecule has 0 saturated carbocycles. The number of phosphoric acid groups is 1. The molecule has 1 heterocycles. The largest absolute Gasteiger partial charge is 0.746 e. The molecule has 2 aromatic carbocycles. The van der Waals surface area contributed by atoms with Crippen LogP contribution in [0.25, 0.3) is 10.9 Å². The van der Waals surface area contributed by atoms with E-state index < -0.39 is 13.9 Å². The Labute approximate surface area is 278 Å². The van der Waals surface area contributed by atoms with E-state index in [4.69, 9.17) is 18.5 Å². The first kappa shape index (κ1) is 38.2. The van der Waals surface area contributed by atoms with E-state index in [1.54, 1.807) is 12.1 Å². The third-order valence-electron chi connectivity index (χ3n) is 8.48. The lowest BCUT2D eigenvalue weighted by Gasteiger charge is -2.25. The van der Waals surface area contributed by atoms with Crippen molar-refractivity contribution in [1.29, 1.82) is 0 Å². The number of rotatable bonds is 27. The second-order valence-electron chi connectivity index (χ2n) is 12.4. The van der Waals surface area contributed by atoms with Gasteiger partial charge in [-0.2, -0.15) is 4.57 Å². The highest BCUT2D eigenvalue weighted by atomic mass is 31.2. The molecule has 0 bridgehead atoms. The fourth-order valence-corrected chi connectivity index (χ4v) is 6.47. The van der Waals surface area contributed by atoms with Gasteiger partial charge in [0.15, 0.2) is 12.7 Å². The topological polar surface area (TPSA) is 80.9 Å². The maximum absolute atomic E-state index is 12.5. The van der Waals surface area contributed by atoms with Crippen LogP contribution in [0.5, 0.6) is 5.75 Å². The summed E-state index contributed by atoms with van der Waals surface area (Å²) in [5.41, 5.74) is 2.15. The standard InChI is InChI=1S/C38H58NO6P/c1-3-4-5-6-7-8-9-10-11-12-13-14-15-16-17-20-30-43-32-37(42-2)33-44-46(40,41)45-36-27-25-34(26-28-36)31-39-29-21-23-35-22-18-19-24-38(35)39/h18-19,21-29,37H,3-17,20,30-33H2,1-2H3. The summed E-state index contributed by atoms with van der Waals surface area (Å²) in [6.45, 7) is 3.67. The maximum atomic E-state index is 12.5. The number of pyridine rings is 1. The van der Waals surface area contributed by atoms with Gasteiger partial charge in [0.05, 0.1) is 13.2 Å². The van der Waals surface area contributed by atoms with Crippen molar-refractivity contribution in [3.8, 4) is 5.75 Å². The van der Waals surface area contributed by atoms with Crippen LogP contribution < -0.4 is 14.0 Å². The molecule has 3 aromatic rings. The zero-order chi connectivity index (χ0) is 32.7. The predicted octanol–water partition coefficient (Wildman–Crippen LogP) is 9.33. The van der Waals surface area contributed by atoms with Crippen LogP contribution in [0, 0.1) is 0 Å². The molecule has 0 aliphatic carbocycles. The SMILES string of the molecule is CCCCCCCCCCCCCCCCCCOCC(COP(=O)([O-])Oc1ccc(C[n+]2cccc3ccccc32)cc1)OC. The number of para-hydroxylation sites is 1. The van der Waals surface area contributed by atoms with E-state index in [9.17, 15) is 9.46 Å². The Morgan fingerprint density at radius 1 is 0.717 bits per heavy atom. The Kier molecular flexibility index (Phi) is 19.2. The molecule has 8 heteroatoms. The Balaban J connectivity index is 1.19. The number of unbranched alkanes of at least 4 members (excludes halogenated alkanes) is 15. The summed E-state index contributed by atoms with van der Waals surface area (Å²) in [6.07, 6.45) is 22.9. The van der Waals surface area contributed by atoms with Gasteiger partial charge < -0.3 is 23.4 Å². The van der Waals surface area contributed by atoms with E-state index >= 15 is 0 Å². The number of aromatic nitrogens is 1. The minimum Gasteiger partial charge on any atom is -0.746 e. The number of benzene rings is 2. The molecule has 7 nitrogen and oxygen atoms in total. The highest BCUT2D eigenvalue weighted by molar-refractivity contribution is 7.46.